The van der Waals surface area contributed by atoms with Crippen LogP contribution in [0, 0.1) is 5.92 Å². The van der Waals surface area contributed by atoms with Crippen molar-refractivity contribution in [1.82, 2.24) is 5.32 Å². The van der Waals surface area contributed by atoms with Crippen LogP contribution in [-0.4, -0.2) is 19.1 Å². The molecule has 0 amide bonds. The third-order valence-corrected chi connectivity index (χ3v) is 3.83. The molecule has 1 aromatic rings. The molecule has 0 heterocycles. The first-order valence-electron chi connectivity index (χ1n) is 7.36. The molecular weight excluding hydrogens is 220 g/mol. The number of rotatable bonds is 9. The molecule has 1 atom stereocenters. The third-order valence-electron chi connectivity index (χ3n) is 3.83. The number of nitrogens with one attached hydrogen (secondary N) is 1. The molecule has 1 aliphatic carbocycles. The van der Waals surface area contributed by atoms with Crippen molar-refractivity contribution < 1.29 is 0 Å². The molecule has 1 fully saturated rings. The molecule has 2 heteroatoms. The van der Waals surface area contributed by atoms with Crippen LogP contribution >= 0.6 is 0 Å². The summed E-state index contributed by atoms with van der Waals surface area (Å²) in [5, 5.41) is 3.60. The van der Waals surface area contributed by atoms with Crippen molar-refractivity contribution >= 4 is 0 Å². The zero-order chi connectivity index (χ0) is 12.6. The Morgan fingerprint density at radius 3 is 2.67 bits per heavy atom. The summed E-state index contributed by atoms with van der Waals surface area (Å²) in [4.78, 5) is 0. The van der Waals surface area contributed by atoms with Gasteiger partial charge in [0, 0.05) is 12.6 Å². The molecule has 1 aromatic carbocycles. The van der Waals surface area contributed by atoms with Crippen LogP contribution in [-0.2, 0) is 6.42 Å². The van der Waals surface area contributed by atoms with Crippen LogP contribution in [0.4, 0.5) is 0 Å². The quantitative estimate of drug-likeness (QED) is 0.658. The second-order valence-corrected chi connectivity index (χ2v) is 5.50. The zero-order valence-electron chi connectivity index (χ0n) is 11.3. The summed E-state index contributed by atoms with van der Waals surface area (Å²) in [6.07, 6.45) is 7.92. The highest BCUT2D eigenvalue weighted by Crippen LogP contribution is 2.33. The van der Waals surface area contributed by atoms with Crippen molar-refractivity contribution in [2.75, 3.05) is 13.1 Å². The average Bonchev–Trinajstić information content (AvgIpc) is 3.23. The van der Waals surface area contributed by atoms with Gasteiger partial charge in [-0.25, -0.2) is 0 Å². The van der Waals surface area contributed by atoms with E-state index in [4.69, 9.17) is 5.73 Å². The molecule has 1 unspecified atom stereocenters. The van der Waals surface area contributed by atoms with Gasteiger partial charge in [-0.15, -0.1) is 0 Å². The van der Waals surface area contributed by atoms with Crippen LogP contribution in [0.3, 0.4) is 0 Å². The summed E-state index contributed by atoms with van der Waals surface area (Å²) >= 11 is 0. The predicted molar refractivity (Wildman–Crippen MR) is 77.6 cm³/mol. The molecule has 1 saturated carbocycles. The Hall–Kier alpha value is -0.860. The normalized spacial score (nSPS) is 16.7. The Kier molecular flexibility index (Phi) is 5.69. The van der Waals surface area contributed by atoms with E-state index in [1.807, 2.05) is 0 Å². The van der Waals surface area contributed by atoms with Gasteiger partial charge in [0.2, 0.25) is 0 Å². The van der Waals surface area contributed by atoms with Crippen molar-refractivity contribution in [3.05, 3.63) is 35.9 Å². The van der Waals surface area contributed by atoms with E-state index in [9.17, 15) is 0 Å². The summed E-state index contributed by atoms with van der Waals surface area (Å²) in [6, 6.07) is 11.2. The highest BCUT2D eigenvalue weighted by atomic mass is 14.9. The first-order chi connectivity index (χ1) is 8.88. The van der Waals surface area contributed by atoms with Gasteiger partial charge in [-0.05, 0) is 43.7 Å². The molecule has 2 nitrogen and oxygen atoms in total. The van der Waals surface area contributed by atoms with Gasteiger partial charge >= 0.3 is 0 Å². The standard InChI is InChI=1S/C16H26N2/c17-13-16(18-12-4-7-15-8-9-15)11-10-14-5-2-1-3-6-14/h1-3,5-6,15-16,18H,4,7-13,17H2. The van der Waals surface area contributed by atoms with Gasteiger partial charge < -0.3 is 11.1 Å². The number of benzene rings is 1. The highest BCUT2D eigenvalue weighted by molar-refractivity contribution is 5.14. The summed E-state index contributed by atoms with van der Waals surface area (Å²) in [5.41, 5.74) is 7.24. The summed E-state index contributed by atoms with van der Waals surface area (Å²) < 4.78 is 0. The van der Waals surface area contributed by atoms with Gasteiger partial charge in [0.15, 0.2) is 0 Å². The maximum Gasteiger partial charge on any atom is 0.0193 e. The Balaban J connectivity index is 1.59. The molecule has 100 valence electrons. The molecular formula is C16H26N2. The van der Waals surface area contributed by atoms with Crippen molar-refractivity contribution in [3.8, 4) is 0 Å². The molecule has 3 N–H and O–H groups in total. The average molecular weight is 246 g/mol. The lowest BCUT2D eigenvalue weighted by Crippen LogP contribution is -2.37. The molecule has 0 aromatic heterocycles. The van der Waals surface area contributed by atoms with E-state index >= 15 is 0 Å². The van der Waals surface area contributed by atoms with Gasteiger partial charge in [0.1, 0.15) is 0 Å². The van der Waals surface area contributed by atoms with E-state index in [0.29, 0.717) is 6.04 Å². The maximum atomic E-state index is 5.83. The SMILES string of the molecule is NCC(CCc1ccccc1)NCCCC1CC1. The first-order valence-corrected chi connectivity index (χ1v) is 7.36. The molecule has 0 aliphatic heterocycles. The van der Waals surface area contributed by atoms with Gasteiger partial charge in [-0.1, -0.05) is 43.2 Å². The van der Waals surface area contributed by atoms with Crippen molar-refractivity contribution in [1.29, 1.82) is 0 Å². The Bertz CT molecular complexity index is 319. The molecule has 1 aliphatic rings. The number of hydrogen-bond acceptors (Lipinski definition) is 2. The van der Waals surface area contributed by atoms with Crippen LogP contribution < -0.4 is 11.1 Å². The van der Waals surface area contributed by atoms with E-state index in [-0.39, 0.29) is 0 Å². The lowest BCUT2D eigenvalue weighted by molar-refractivity contribution is 0.471. The van der Waals surface area contributed by atoms with E-state index < -0.39 is 0 Å². The highest BCUT2D eigenvalue weighted by Gasteiger charge is 2.20. The predicted octanol–water partition coefficient (Wildman–Crippen LogP) is 2.73. The van der Waals surface area contributed by atoms with Crippen LogP contribution in [0.15, 0.2) is 30.3 Å². The fourth-order valence-electron chi connectivity index (χ4n) is 2.39. The van der Waals surface area contributed by atoms with E-state index in [0.717, 1.165) is 31.8 Å². The maximum absolute atomic E-state index is 5.83. The summed E-state index contributed by atoms with van der Waals surface area (Å²) in [5.74, 6) is 1.05. The molecule has 0 bridgehead atoms. The molecule has 18 heavy (non-hydrogen) atoms. The second-order valence-electron chi connectivity index (χ2n) is 5.50. The Labute approximate surface area is 111 Å². The van der Waals surface area contributed by atoms with Gasteiger partial charge in [0.05, 0.1) is 0 Å². The van der Waals surface area contributed by atoms with Crippen molar-refractivity contribution in [2.45, 2.75) is 44.6 Å². The zero-order valence-corrected chi connectivity index (χ0v) is 11.3. The Morgan fingerprint density at radius 1 is 1.22 bits per heavy atom. The largest absolute Gasteiger partial charge is 0.329 e. The topological polar surface area (TPSA) is 38.0 Å². The third kappa shape index (κ3) is 5.19. The minimum atomic E-state index is 0.476. The molecule has 0 spiro atoms. The second kappa shape index (κ2) is 7.55. The van der Waals surface area contributed by atoms with Gasteiger partial charge in [-0.3, -0.25) is 0 Å². The molecule has 2 rings (SSSR count). The fraction of sp³-hybridized carbons (Fsp3) is 0.625. The number of nitrogens with two attached hydrogens (primary N) is 1. The summed E-state index contributed by atoms with van der Waals surface area (Å²) in [7, 11) is 0. The lowest BCUT2D eigenvalue weighted by Gasteiger charge is -2.16. The van der Waals surface area contributed by atoms with Crippen LogP contribution in [0.25, 0.3) is 0 Å². The fourth-order valence-corrected chi connectivity index (χ4v) is 2.39. The van der Waals surface area contributed by atoms with Crippen molar-refractivity contribution in [2.24, 2.45) is 11.7 Å². The molecule has 0 radical (unpaired) electrons. The number of aryl methyl sites for hydroxylation is 1. The van der Waals surface area contributed by atoms with Crippen LogP contribution in [0.1, 0.15) is 37.7 Å². The van der Waals surface area contributed by atoms with Crippen LogP contribution in [0.5, 0.6) is 0 Å². The number of hydrogen-bond donors (Lipinski definition) is 2. The van der Waals surface area contributed by atoms with Gasteiger partial charge in [-0.2, -0.15) is 0 Å². The smallest absolute Gasteiger partial charge is 0.0193 e. The minimum absolute atomic E-state index is 0.476. The minimum Gasteiger partial charge on any atom is -0.329 e. The Morgan fingerprint density at radius 2 is 2.00 bits per heavy atom. The van der Waals surface area contributed by atoms with Crippen molar-refractivity contribution in [3.63, 3.8) is 0 Å². The van der Waals surface area contributed by atoms with Gasteiger partial charge in [0.25, 0.3) is 0 Å². The first kappa shape index (κ1) is 13.6. The van der Waals surface area contributed by atoms with E-state index in [1.54, 1.807) is 0 Å². The monoisotopic (exact) mass is 246 g/mol. The molecule has 0 saturated heterocycles. The van der Waals surface area contributed by atoms with E-state index in [1.165, 1.54) is 31.2 Å². The summed E-state index contributed by atoms with van der Waals surface area (Å²) in [6.45, 7) is 1.88. The lowest BCUT2D eigenvalue weighted by atomic mass is 10.1. The van der Waals surface area contributed by atoms with E-state index in [2.05, 4.69) is 35.6 Å². The van der Waals surface area contributed by atoms with Crippen LogP contribution in [0.2, 0.25) is 0 Å².